The van der Waals surface area contributed by atoms with Crippen LogP contribution in [0.2, 0.25) is 0 Å². The first-order valence-electron chi connectivity index (χ1n) is 7.83. The molecule has 0 saturated heterocycles. The number of nitrogens with zero attached hydrogens (tertiary/aromatic N) is 3. The molecule has 2 aromatic heterocycles. The average molecular weight is 362 g/mol. The number of azo groups is 1. The molecular weight excluding hydrogens is 348 g/mol. The van der Waals surface area contributed by atoms with Crippen molar-refractivity contribution in [2.24, 2.45) is 15.3 Å². The fourth-order valence-electron chi connectivity index (χ4n) is 2.69. The fraction of sp³-hybridized carbons (Fsp3) is 0. The third-order valence-electron chi connectivity index (χ3n) is 3.89. The number of hydrazone groups is 1. The van der Waals surface area contributed by atoms with Gasteiger partial charge < -0.3 is 15.1 Å². The van der Waals surface area contributed by atoms with Gasteiger partial charge in [-0.15, -0.1) is 10.2 Å². The highest BCUT2D eigenvalue weighted by molar-refractivity contribution is 7.80. The number of para-hydroxylation sites is 2. The maximum atomic E-state index is 9.94. The van der Waals surface area contributed by atoms with E-state index < -0.39 is 0 Å². The fourth-order valence-corrected chi connectivity index (χ4v) is 2.78. The Hall–Kier alpha value is -3.52. The molecule has 0 aliphatic heterocycles. The molecule has 0 amide bonds. The van der Waals surface area contributed by atoms with E-state index in [0.717, 1.165) is 27.4 Å². The van der Waals surface area contributed by atoms with Crippen LogP contribution < -0.4 is 5.43 Å². The first-order valence-corrected chi connectivity index (χ1v) is 8.24. The number of aromatic amines is 2. The molecule has 0 atom stereocenters. The summed E-state index contributed by atoms with van der Waals surface area (Å²) in [6.07, 6.45) is 3.52. The molecule has 0 spiro atoms. The lowest BCUT2D eigenvalue weighted by Crippen LogP contribution is -2.11. The van der Waals surface area contributed by atoms with Crippen LogP contribution >= 0.6 is 12.2 Å². The van der Waals surface area contributed by atoms with E-state index >= 15 is 0 Å². The number of thiocarbonyl (C=S) groups is 1. The largest absolute Gasteiger partial charge is 0.493 e. The van der Waals surface area contributed by atoms with Gasteiger partial charge in [-0.2, -0.15) is 5.10 Å². The summed E-state index contributed by atoms with van der Waals surface area (Å²) in [5, 5.41) is 23.9. The van der Waals surface area contributed by atoms with Crippen molar-refractivity contribution in [3.63, 3.8) is 0 Å². The normalized spacial score (nSPS) is 11.8. The minimum atomic E-state index is -0.0555. The van der Waals surface area contributed by atoms with E-state index in [9.17, 15) is 5.11 Å². The van der Waals surface area contributed by atoms with E-state index in [-0.39, 0.29) is 11.0 Å². The Bertz CT molecular complexity index is 1160. The van der Waals surface area contributed by atoms with Crippen LogP contribution in [0.4, 0.5) is 5.69 Å². The second-order valence-corrected chi connectivity index (χ2v) is 5.92. The molecular formula is C18H14N6OS. The van der Waals surface area contributed by atoms with Crippen molar-refractivity contribution in [2.75, 3.05) is 0 Å². The van der Waals surface area contributed by atoms with Crippen LogP contribution in [-0.4, -0.2) is 26.4 Å². The topological polar surface area (TPSA) is 101 Å². The first kappa shape index (κ1) is 16.0. The summed E-state index contributed by atoms with van der Waals surface area (Å²) in [6.45, 7) is 0. The number of aromatic nitrogens is 2. The van der Waals surface area contributed by atoms with Gasteiger partial charge in [0.15, 0.2) is 5.69 Å². The molecule has 7 nitrogen and oxygen atoms in total. The van der Waals surface area contributed by atoms with Crippen LogP contribution in [0.1, 0.15) is 5.56 Å². The molecule has 8 heteroatoms. The van der Waals surface area contributed by atoms with Gasteiger partial charge in [0.1, 0.15) is 0 Å². The molecule has 2 heterocycles. The van der Waals surface area contributed by atoms with E-state index in [1.165, 1.54) is 0 Å². The number of nitrogens with one attached hydrogen (secondary N) is 3. The van der Waals surface area contributed by atoms with Gasteiger partial charge in [-0.25, -0.2) is 0 Å². The van der Waals surface area contributed by atoms with Crippen LogP contribution in [0, 0.1) is 0 Å². The van der Waals surface area contributed by atoms with E-state index in [2.05, 4.69) is 30.7 Å². The minimum Gasteiger partial charge on any atom is -0.493 e. The van der Waals surface area contributed by atoms with E-state index in [1.54, 1.807) is 6.21 Å². The molecule has 2 aromatic carbocycles. The molecule has 0 saturated carbocycles. The predicted molar refractivity (Wildman–Crippen MR) is 106 cm³/mol. The molecule has 0 bridgehead atoms. The Morgan fingerprint density at radius 3 is 2.62 bits per heavy atom. The zero-order valence-electron chi connectivity index (χ0n) is 13.5. The lowest BCUT2D eigenvalue weighted by Gasteiger charge is -1.95. The van der Waals surface area contributed by atoms with Crippen LogP contribution in [0.3, 0.4) is 0 Å². The Kier molecular flexibility index (Phi) is 4.16. The molecule has 0 aliphatic carbocycles. The third kappa shape index (κ3) is 3.05. The summed E-state index contributed by atoms with van der Waals surface area (Å²) < 4.78 is 0. The Morgan fingerprint density at radius 1 is 1.04 bits per heavy atom. The first-order chi connectivity index (χ1) is 12.7. The lowest BCUT2D eigenvalue weighted by atomic mass is 10.2. The molecule has 26 heavy (non-hydrogen) atoms. The molecule has 0 fully saturated rings. The third-order valence-corrected chi connectivity index (χ3v) is 4.06. The Labute approximate surface area is 153 Å². The van der Waals surface area contributed by atoms with Gasteiger partial charge in [-0.3, -0.25) is 5.43 Å². The second-order valence-electron chi connectivity index (χ2n) is 5.53. The van der Waals surface area contributed by atoms with Crippen molar-refractivity contribution in [1.29, 1.82) is 0 Å². The van der Waals surface area contributed by atoms with E-state index in [1.807, 2.05) is 54.7 Å². The van der Waals surface area contributed by atoms with Crippen molar-refractivity contribution in [3.8, 4) is 5.88 Å². The molecule has 128 valence electrons. The highest BCUT2D eigenvalue weighted by atomic mass is 32.1. The number of hydrogen-bond acceptors (Lipinski definition) is 4. The lowest BCUT2D eigenvalue weighted by molar-refractivity contribution is 0.459. The Balaban J connectivity index is 1.47. The van der Waals surface area contributed by atoms with Crippen LogP contribution in [0.15, 0.2) is 70.1 Å². The summed E-state index contributed by atoms with van der Waals surface area (Å²) in [6, 6.07) is 15.3. The quantitative estimate of drug-likeness (QED) is 0.189. The Morgan fingerprint density at radius 2 is 1.77 bits per heavy atom. The smallest absolute Gasteiger partial charge is 0.234 e. The van der Waals surface area contributed by atoms with Crippen molar-refractivity contribution in [3.05, 3.63) is 60.3 Å². The van der Waals surface area contributed by atoms with Gasteiger partial charge in [0.2, 0.25) is 11.0 Å². The van der Waals surface area contributed by atoms with Crippen LogP contribution in [0.5, 0.6) is 5.88 Å². The minimum absolute atomic E-state index is 0.0555. The molecule has 0 unspecified atom stereocenters. The number of benzene rings is 2. The SMILES string of the molecule is Oc1[nH]c2ccccc2c1N=NC(=S)N/N=C\c1c[nH]c2ccccc12. The number of H-pyrrole nitrogens is 2. The van der Waals surface area contributed by atoms with Crippen molar-refractivity contribution in [1.82, 2.24) is 15.4 Å². The molecule has 4 aromatic rings. The van der Waals surface area contributed by atoms with E-state index in [0.29, 0.717) is 5.69 Å². The van der Waals surface area contributed by atoms with Gasteiger partial charge in [0.25, 0.3) is 0 Å². The standard InChI is InChI=1S/C18H14N6OS/c25-17-16(13-6-2-4-8-15(13)21-17)22-24-18(26)23-20-10-11-9-19-14-7-3-1-5-12(11)14/h1-10,19,21,25H,(H,23,26)/b20-10-,24-22?. The van der Waals surface area contributed by atoms with Crippen LogP contribution in [-0.2, 0) is 0 Å². The molecule has 4 N–H and O–H groups in total. The summed E-state index contributed by atoms with van der Waals surface area (Å²) in [4.78, 5) is 6.00. The van der Waals surface area contributed by atoms with Gasteiger partial charge in [-0.05, 0) is 24.4 Å². The zero-order valence-corrected chi connectivity index (χ0v) is 14.3. The monoisotopic (exact) mass is 362 g/mol. The summed E-state index contributed by atoms with van der Waals surface area (Å²) in [5.74, 6) is -0.0555. The summed E-state index contributed by atoms with van der Waals surface area (Å²) >= 11 is 5.10. The maximum absolute atomic E-state index is 9.94. The van der Waals surface area contributed by atoms with Crippen molar-refractivity contribution in [2.45, 2.75) is 0 Å². The van der Waals surface area contributed by atoms with Crippen molar-refractivity contribution >= 4 is 51.0 Å². The highest BCUT2D eigenvalue weighted by Crippen LogP contribution is 2.35. The van der Waals surface area contributed by atoms with Gasteiger partial charge in [0, 0.05) is 28.0 Å². The zero-order chi connectivity index (χ0) is 17.9. The van der Waals surface area contributed by atoms with Crippen molar-refractivity contribution < 1.29 is 5.11 Å². The highest BCUT2D eigenvalue weighted by Gasteiger charge is 2.09. The number of aromatic hydroxyl groups is 1. The van der Waals surface area contributed by atoms with Gasteiger partial charge in [-0.1, -0.05) is 36.4 Å². The van der Waals surface area contributed by atoms with Gasteiger partial charge >= 0.3 is 0 Å². The summed E-state index contributed by atoms with van der Waals surface area (Å²) in [5.41, 5.74) is 5.73. The number of fused-ring (bicyclic) bond motifs is 2. The molecule has 0 aliphatic rings. The van der Waals surface area contributed by atoms with Gasteiger partial charge in [0.05, 0.1) is 11.7 Å². The van der Waals surface area contributed by atoms with E-state index in [4.69, 9.17) is 12.2 Å². The maximum Gasteiger partial charge on any atom is 0.234 e. The number of hydrogen-bond donors (Lipinski definition) is 4. The molecule has 4 rings (SSSR count). The number of rotatable bonds is 3. The summed E-state index contributed by atoms with van der Waals surface area (Å²) in [7, 11) is 0. The predicted octanol–water partition coefficient (Wildman–Crippen LogP) is 4.35. The van der Waals surface area contributed by atoms with Crippen LogP contribution in [0.25, 0.3) is 21.8 Å². The molecule has 0 radical (unpaired) electrons. The second kappa shape index (κ2) is 6.77. The average Bonchev–Trinajstić information content (AvgIpc) is 3.20.